The van der Waals surface area contributed by atoms with E-state index in [9.17, 15) is 0 Å². The molecule has 0 aliphatic rings. The van der Waals surface area contributed by atoms with Gasteiger partial charge in [-0.15, -0.1) is 0 Å². The molecule has 2 aromatic carbocycles. The first-order valence-electron chi connectivity index (χ1n) is 13.1. The van der Waals surface area contributed by atoms with E-state index in [4.69, 9.17) is 19.7 Å². The largest absolute Gasteiger partial charge is 0.494 e. The highest BCUT2D eigenvalue weighted by atomic mass is 16.5. The molecule has 0 aromatic heterocycles. The van der Waals surface area contributed by atoms with Crippen molar-refractivity contribution >= 4 is 11.4 Å². The Balaban J connectivity index is 1.56. The van der Waals surface area contributed by atoms with E-state index in [0.29, 0.717) is 19.7 Å². The zero-order valence-corrected chi connectivity index (χ0v) is 21.3. The molecule has 0 fully saturated rings. The van der Waals surface area contributed by atoms with Crippen molar-refractivity contribution in [2.24, 2.45) is 10.2 Å². The Kier molecular flexibility index (Phi) is 15.4. The summed E-state index contributed by atoms with van der Waals surface area (Å²) in [4.78, 5) is 2.11. The summed E-state index contributed by atoms with van der Waals surface area (Å²) in [5.41, 5.74) is 1.58. The summed E-state index contributed by atoms with van der Waals surface area (Å²) in [5, 5.41) is 26.7. The maximum atomic E-state index is 9.04. The standard InChI is InChI=1S/C28H43N3O4/c1-2-3-23-34-27-14-10-25(11-15-27)29-30-26-12-16-28(17-13-26)35-24-9-7-5-4-6-8-18-31(19-21-32)20-22-33/h10-17,32-33H,2-9,18-24H2,1H3. The van der Waals surface area contributed by atoms with Crippen LogP contribution in [0.25, 0.3) is 0 Å². The molecule has 0 aliphatic carbocycles. The van der Waals surface area contributed by atoms with Crippen LogP contribution in [0.2, 0.25) is 0 Å². The van der Waals surface area contributed by atoms with E-state index in [1.54, 1.807) is 0 Å². The third-order valence-corrected chi connectivity index (χ3v) is 5.69. The Morgan fingerprint density at radius 2 is 1.06 bits per heavy atom. The highest BCUT2D eigenvalue weighted by Crippen LogP contribution is 2.23. The van der Waals surface area contributed by atoms with Gasteiger partial charge < -0.3 is 19.7 Å². The lowest BCUT2D eigenvalue weighted by Gasteiger charge is -2.19. The molecule has 194 valence electrons. The quantitative estimate of drug-likeness (QED) is 0.170. The number of benzene rings is 2. The Morgan fingerprint density at radius 3 is 1.54 bits per heavy atom. The third-order valence-electron chi connectivity index (χ3n) is 5.69. The van der Waals surface area contributed by atoms with Crippen LogP contribution in [0.1, 0.15) is 58.3 Å². The van der Waals surface area contributed by atoms with Crippen molar-refractivity contribution in [2.75, 3.05) is 46.1 Å². The number of hydrogen-bond acceptors (Lipinski definition) is 7. The fourth-order valence-corrected chi connectivity index (χ4v) is 3.62. The second kappa shape index (κ2) is 18.8. The van der Waals surface area contributed by atoms with Gasteiger partial charge in [0.15, 0.2) is 0 Å². The van der Waals surface area contributed by atoms with Crippen molar-refractivity contribution in [1.29, 1.82) is 0 Å². The van der Waals surface area contributed by atoms with Gasteiger partial charge in [-0.1, -0.05) is 39.0 Å². The highest BCUT2D eigenvalue weighted by molar-refractivity contribution is 5.44. The predicted octanol–water partition coefficient (Wildman–Crippen LogP) is 6.29. The first-order valence-corrected chi connectivity index (χ1v) is 13.1. The molecule has 2 rings (SSSR count). The maximum Gasteiger partial charge on any atom is 0.119 e. The molecule has 0 spiro atoms. The number of aliphatic hydroxyl groups is 2. The minimum atomic E-state index is 0.150. The van der Waals surface area contributed by atoms with Gasteiger partial charge in [0.2, 0.25) is 0 Å². The molecule has 35 heavy (non-hydrogen) atoms. The average Bonchev–Trinajstić information content (AvgIpc) is 2.88. The zero-order valence-electron chi connectivity index (χ0n) is 21.3. The van der Waals surface area contributed by atoms with E-state index in [-0.39, 0.29) is 13.2 Å². The second-order valence-electron chi connectivity index (χ2n) is 8.65. The molecule has 0 heterocycles. The molecule has 0 atom stereocenters. The average molecular weight is 486 g/mol. The number of hydrogen-bond donors (Lipinski definition) is 2. The Morgan fingerprint density at radius 1 is 0.600 bits per heavy atom. The molecule has 2 aromatic rings. The molecule has 0 amide bonds. The van der Waals surface area contributed by atoms with Crippen molar-refractivity contribution in [3.05, 3.63) is 48.5 Å². The minimum absolute atomic E-state index is 0.150. The maximum absolute atomic E-state index is 9.04. The van der Waals surface area contributed by atoms with Crippen LogP contribution in [0.15, 0.2) is 58.8 Å². The molecule has 2 N–H and O–H groups in total. The summed E-state index contributed by atoms with van der Waals surface area (Å²) in [6.45, 7) is 6.13. The van der Waals surface area contributed by atoms with E-state index >= 15 is 0 Å². The van der Waals surface area contributed by atoms with Crippen LogP contribution in [0.3, 0.4) is 0 Å². The molecule has 0 unspecified atom stereocenters. The number of nitrogens with zero attached hydrogens (tertiary/aromatic N) is 3. The summed E-state index contributed by atoms with van der Waals surface area (Å²) in [5.74, 6) is 1.71. The van der Waals surface area contributed by atoms with Crippen molar-refractivity contribution in [3.8, 4) is 11.5 Å². The summed E-state index contributed by atoms with van der Waals surface area (Å²) in [6, 6.07) is 15.4. The van der Waals surface area contributed by atoms with Crippen LogP contribution in [0.5, 0.6) is 11.5 Å². The van der Waals surface area contributed by atoms with E-state index in [2.05, 4.69) is 22.1 Å². The fraction of sp³-hybridized carbons (Fsp3) is 0.571. The number of ether oxygens (including phenoxy) is 2. The molecular formula is C28H43N3O4. The van der Waals surface area contributed by atoms with Crippen molar-refractivity contribution in [2.45, 2.75) is 58.3 Å². The van der Waals surface area contributed by atoms with Gasteiger partial charge in [-0.3, -0.25) is 4.90 Å². The number of rotatable bonds is 20. The van der Waals surface area contributed by atoms with Crippen LogP contribution in [0, 0.1) is 0 Å². The third kappa shape index (κ3) is 13.3. The molecule has 0 bridgehead atoms. The van der Waals surface area contributed by atoms with E-state index < -0.39 is 0 Å². The summed E-state index contributed by atoms with van der Waals surface area (Å²) < 4.78 is 11.5. The van der Waals surface area contributed by atoms with Gasteiger partial charge in [-0.25, -0.2) is 0 Å². The first kappa shape index (κ1) is 28.8. The Hall–Kier alpha value is -2.48. The molecular weight excluding hydrogens is 442 g/mol. The minimum Gasteiger partial charge on any atom is -0.494 e. The van der Waals surface area contributed by atoms with Gasteiger partial charge in [0, 0.05) is 13.1 Å². The van der Waals surface area contributed by atoms with Crippen LogP contribution >= 0.6 is 0 Å². The van der Waals surface area contributed by atoms with E-state index in [1.165, 1.54) is 19.3 Å². The predicted molar refractivity (Wildman–Crippen MR) is 141 cm³/mol. The van der Waals surface area contributed by atoms with Crippen LogP contribution < -0.4 is 9.47 Å². The molecule has 7 nitrogen and oxygen atoms in total. The lowest BCUT2D eigenvalue weighted by atomic mass is 10.1. The summed E-state index contributed by atoms with van der Waals surface area (Å²) >= 11 is 0. The van der Waals surface area contributed by atoms with Gasteiger partial charge >= 0.3 is 0 Å². The van der Waals surface area contributed by atoms with E-state index in [0.717, 1.165) is 68.1 Å². The zero-order chi connectivity index (χ0) is 25.0. The Bertz CT molecular complexity index is 791. The molecule has 0 saturated heterocycles. The molecule has 0 aliphatic heterocycles. The second-order valence-corrected chi connectivity index (χ2v) is 8.65. The van der Waals surface area contributed by atoms with Crippen molar-refractivity contribution < 1.29 is 19.7 Å². The summed E-state index contributed by atoms with van der Waals surface area (Å²) in [7, 11) is 0. The number of unbranched alkanes of at least 4 members (excludes halogenated alkanes) is 6. The van der Waals surface area contributed by atoms with Crippen molar-refractivity contribution in [3.63, 3.8) is 0 Å². The number of azo groups is 1. The molecule has 7 heteroatoms. The van der Waals surface area contributed by atoms with Gasteiger partial charge in [0.25, 0.3) is 0 Å². The highest BCUT2D eigenvalue weighted by Gasteiger charge is 2.03. The van der Waals surface area contributed by atoms with Gasteiger partial charge in [0.05, 0.1) is 37.8 Å². The molecule has 0 radical (unpaired) electrons. The monoisotopic (exact) mass is 485 g/mol. The number of aliphatic hydroxyl groups excluding tert-OH is 2. The lowest BCUT2D eigenvalue weighted by molar-refractivity contribution is 0.159. The van der Waals surface area contributed by atoms with Crippen LogP contribution in [0.4, 0.5) is 11.4 Å². The van der Waals surface area contributed by atoms with Crippen molar-refractivity contribution in [1.82, 2.24) is 4.90 Å². The SMILES string of the molecule is CCCCOc1ccc(N=Nc2ccc(OCCCCCCCCN(CCO)CCO)cc2)cc1. The smallest absolute Gasteiger partial charge is 0.119 e. The first-order chi connectivity index (χ1) is 17.2. The van der Waals surface area contributed by atoms with E-state index in [1.807, 2.05) is 48.5 Å². The topological polar surface area (TPSA) is 86.9 Å². The van der Waals surface area contributed by atoms with Gasteiger partial charge in [-0.05, 0) is 74.3 Å². The summed E-state index contributed by atoms with van der Waals surface area (Å²) in [6.07, 6.45) is 9.08. The van der Waals surface area contributed by atoms with Gasteiger partial charge in [0.1, 0.15) is 11.5 Å². The fourth-order valence-electron chi connectivity index (χ4n) is 3.62. The van der Waals surface area contributed by atoms with Crippen LogP contribution in [-0.2, 0) is 0 Å². The lowest BCUT2D eigenvalue weighted by Crippen LogP contribution is -2.30. The normalized spacial score (nSPS) is 11.4. The molecule has 0 saturated carbocycles. The van der Waals surface area contributed by atoms with Crippen LogP contribution in [-0.4, -0.2) is 61.2 Å². The van der Waals surface area contributed by atoms with Gasteiger partial charge in [-0.2, -0.15) is 10.2 Å². The Labute approximate surface area is 210 Å².